The number of hydrogen-bond donors (Lipinski definition) is 0. The van der Waals surface area contributed by atoms with Crippen LogP contribution in [0.1, 0.15) is 49.5 Å². The number of ether oxygens (including phenoxy) is 2. The molecule has 0 aromatic heterocycles. The van der Waals surface area contributed by atoms with Crippen molar-refractivity contribution in [3.8, 4) is 0 Å². The van der Waals surface area contributed by atoms with Gasteiger partial charge in [0.25, 0.3) is 0 Å². The quantitative estimate of drug-likeness (QED) is 0.575. The summed E-state index contributed by atoms with van der Waals surface area (Å²) in [5, 5.41) is 1.19. The lowest BCUT2D eigenvalue weighted by Crippen LogP contribution is -2.48. The summed E-state index contributed by atoms with van der Waals surface area (Å²) in [6, 6.07) is 13.9. The van der Waals surface area contributed by atoms with Gasteiger partial charge in [0.05, 0.1) is 12.6 Å². The molecular weight excluding hydrogens is 425 g/mol. The van der Waals surface area contributed by atoms with Crippen LogP contribution in [-0.4, -0.2) is 36.5 Å². The van der Waals surface area contributed by atoms with Gasteiger partial charge in [-0.1, -0.05) is 66.7 Å². The van der Waals surface area contributed by atoms with E-state index in [-0.39, 0.29) is 25.7 Å². The summed E-state index contributed by atoms with van der Waals surface area (Å²) in [5.41, 5.74) is 1.68. The Balaban J connectivity index is 0.000000782. The van der Waals surface area contributed by atoms with Gasteiger partial charge in [0, 0.05) is 10.0 Å². The molecule has 2 aliphatic rings. The third kappa shape index (κ3) is 6.21. The molecule has 5 nitrogen and oxygen atoms in total. The Morgan fingerprint density at radius 2 is 1.53 bits per heavy atom. The van der Waals surface area contributed by atoms with Crippen LogP contribution in [-0.2, 0) is 19.1 Å². The first-order valence-electron chi connectivity index (χ1n) is 10.1. The van der Waals surface area contributed by atoms with Crippen LogP contribution in [0.25, 0.3) is 0 Å². The van der Waals surface area contributed by atoms with E-state index in [1.165, 1.54) is 24.2 Å². The van der Waals surface area contributed by atoms with Gasteiger partial charge in [-0.2, -0.15) is 0 Å². The van der Waals surface area contributed by atoms with Crippen LogP contribution in [0.4, 0.5) is 0 Å². The molecule has 1 heterocycles. The molecule has 1 aliphatic carbocycles. The Hall–Kier alpha value is -2.08. The van der Waals surface area contributed by atoms with E-state index >= 15 is 0 Å². The lowest BCUT2D eigenvalue weighted by Gasteiger charge is -2.41. The first-order valence-corrected chi connectivity index (χ1v) is 10.8. The smallest absolute Gasteiger partial charge is 0.325 e. The number of rotatable bonds is 5. The fourth-order valence-electron chi connectivity index (χ4n) is 3.13. The molecule has 1 saturated carbocycles. The number of carbonyl (C=O) groups excluding carboxylic acids is 2. The number of morpholine rings is 1. The van der Waals surface area contributed by atoms with E-state index in [0.29, 0.717) is 10.0 Å². The molecule has 0 spiro atoms. The van der Waals surface area contributed by atoms with Gasteiger partial charge in [-0.3, -0.25) is 9.59 Å². The van der Waals surface area contributed by atoms with Crippen molar-refractivity contribution in [2.45, 2.75) is 38.3 Å². The van der Waals surface area contributed by atoms with Crippen LogP contribution in [0, 0.1) is 0 Å². The van der Waals surface area contributed by atoms with E-state index in [1.807, 2.05) is 24.3 Å². The van der Waals surface area contributed by atoms with Gasteiger partial charge in [-0.25, -0.2) is 0 Å². The van der Waals surface area contributed by atoms with Gasteiger partial charge in [0.1, 0.15) is 19.3 Å². The van der Waals surface area contributed by atoms with Crippen molar-refractivity contribution >= 4 is 35.1 Å². The maximum absolute atomic E-state index is 12.6. The van der Waals surface area contributed by atoms with Crippen LogP contribution >= 0.6 is 23.2 Å². The third-order valence-corrected chi connectivity index (χ3v) is 5.20. The van der Waals surface area contributed by atoms with Crippen LogP contribution < -0.4 is 0 Å². The molecule has 2 aromatic carbocycles. The number of hydrogen-bond acceptors (Lipinski definition) is 4. The average Bonchev–Trinajstić information content (AvgIpc) is 3.61. The number of carbonyl (C=O) groups is 2. The highest BCUT2D eigenvalue weighted by atomic mass is 35.5. The second kappa shape index (κ2) is 10.8. The molecule has 2 aromatic rings. The zero-order chi connectivity index (χ0) is 21.5. The van der Waals surface area contributed by atoms with Gasteiger partial charge in [0.2, 0.25) is 5.91 Å². The lowest BCUT2D eigenvalue weighted by molar-refractivity contribution is -0.166. The van der Waals surface area contributed by atoms with Gasteiger partial charge >= 0.3 is 5.97 Å². The first kappa shape index (κ1) is 22.6. The lowest BCUT2D eigenvalue weighted by atomic mass is 9.92. The number of halogens is 2. The number of benzene rings is 2. The largest absolute Gasteiger partial charge is 0.465 e. The van der Waals surface area contributed by atoms with Crippen LogP contribution in [0.3, 0.4) is 0 Å². The number of amides is 1. The second-order valence-corrected chi connectivity index (χ2v) is 8.04. The minimum Gasteiger partial charge on any atom is -0.465 e. The Kier molecular flexibility index (Phi) is 8.14. The van der Waals surface area contributed by atoms with Crippen molar-refractivity contribution in [3.05, 3.63) is 69.7 Å². The summed E-state index contributed by atoms with van der Waals surface area (Å²) in [6.07, 6.45) is 4.05. The molecule has 1 aliphatic heterocycles. The van der Waals surface area contributed by atoms with Gasteiger partial charge in [-0.15, -0.1) is 0 Å². The predicted molar refractivity (Wildman–Crippen MR) is 117 cm³/mol. The van der Waals surface area contributed by atoms with E-state index in [2.05, 4.69) is 0 Å². The molecular formula is C23H25Cl2NO4. The van der Waals surface area contributed by atoms with Crippen molar-refractivity contribution in [1.29, 1.82) is 0 Å². The molecule has 0 bridgehead atoms. The molecule has 30 heavy (non-hydrogen) atoms. The van der Waals surface area contributed by atoms with E-state index in [9.17, 15) is 9.59 Å². The van der Waals surface area contributed by atoms with Crippen LogP contribution in [0.5, 0.6) is 0 Å². The van der Waals surface area contributed by atoms with Gasteiger partial charge in [-0.05, 0) is 42.3 Å². The molecule has 2 unspecified atom stereocenters. The number of esters is 1. The standard InChI is InChI=1S/C20H19Cl2NO4.C3H6/c1-2-26-18(25)11-23-17(24)12-27-20(14-5-9-16(22)10-6-14)19(23)13-3-7-15(21)8-4-13;1-2-3-1/h3-10,19-20H,2,11-12H2,1H3;1-3H2. The minimum absolute atomic E-state index is 0.114. The summed E-state index contributed by atoms with van der Waals surface area (Å²) in [4.78, 5) is 26.1. The highest BCUT2D eigenvalue weighted by Crippen LogP contribution is 2.40. The fourth-order valence-corrected chi connectivity index (χ4v) is 3.38. The summed E-state index contributed by atoms with van der Waals surface area (Å²) in [6.45, 7) is 1.72. The van der Waals surface area contributed by atoms with Crippen molar-refractivity contribution in [2.24, 2.45) is 0 Å². The van der Waals surface area contributed by atoms with Gasteiger partial charge in [0.15, 0.2) is 0 Å². The van der Waals surface area contributed by atoms with Crippen LogP contribution in [0.15, 0.2) is 48.5 Å². The SMILES string of the molecule is C1CC1.CCOC(=O)CN1C(=O)COC(c2ccc(Cl)cc2)C1c1ccc(Cl)cc1. The maximum atomic E-state index is 12.6. The summed E-state index contributed by atoms with van der Waals surface area (Å²) < 4.78 is 10.9. The van der Waals surface area contributed by atoms with Gasteiger partial charge < -0.3 is 14.4 Å². The molecule has 4 rings (SSSR count). The van der Waals surface area contributed by atoms with Crippen molar-refractivity contribution in [3.63, 3.8) is 0 Å². The summed E-state index contributed by atoms with van der Waals surface area (Å²) >= 11 is 12.0. The van der Waals surface area contributed by atoms with Crippen molar-refractivity contribution in [2.75, 3.05) is 19.8 Å². The highest BCUT2D eigenvalue weighted by molar-refractivity contribution is 6.30. The Morgan fingerprint density at radius 3 is 2.03 bits per heavy atom. The van der Waals surface area contributed by atoms with Crippen molar-refractivity contribution in [1.82, 2.24) is 4.90 Å². The Morgan fingerprint density at radius 1 is 1.00 bits per heavy atom. The van der Waals surface area contributed by atoms with E-state index in [1.54, 1.807) is 31.2 Å². The van der Waals surface area contributed by atoms with E-state index in [0.717, 1.165) is 11.1 Å². The third-order valence-electron chi connectivity index (χ3n) is 4.70. The maximum Gasteiger partial charge on any atom is 0.325 e. The van der Waals surface area contributed by atoms with Crippen molar-refractivity contribution < 1.29 is 19.1 Å². The Labute approximate surface area is 186 Å². The normalized spacial score (nSPS) is 20.2. The molecule has 7 heteroatoms. The average molecular weight is 450 g/mol. The predicted octanol–water partition coefficient (Wildman–Crippen LogP) is 5.37. The summed E-state index contributed by atoms with van der Waals surface area (Å²) in [5.74, 6) is -0.727. The molecule has 0 radical (unpaired) electrons. The minimum atomic E-state index is -0.492. The second-order valence-electron chi connectivity index (χ2n) is 7.17. The fraction of sp³-hybridized carbons (Fsp3) is 0.391. The Bertz CT molecular complexity index is 850. The van der Waals surface area contributed by atoms with E-state index in [4.69, 9.17) is 32.7 Å². The first-order chi connectivity index (χ1) is 14.5. The zero-order valence-electron chi connectivity index (χ0n) is 16.9. The van der Waals surface area contributed by atoms with Crippen LogP contribution in [0.2, 0.25) is 10.0 Å². The molecule has 1 saturated heterocycles. The molecule has 0 N–H and O–H groups in total. The monoisotopic (exact) mass is 449 g/mol. The zero-order valence-corrected chi connectivity index (χ0v) is 18.4. The molecule has 2 fully saturated rings. The molecule has 2 atom stereocenters. The number of nitrogens with zero attached hydrogens (tertiary/aromatic N) is 1. The summed E-state index contributed by atoms with van der Waals surface area (Å²) in [7, 11) is 0. The molecule has 1 amide bonds. The highest BCUT2D eigenvalue weighted by Gasteiger charge is 2.39. The molecule has 160 valence electrons. The van der Waals surface area contributed by atoms with E-state index < -0.39 is 18.1 Å². The topological polar surface area (TPSA) is 55.8 Å².